The fourth-order valence-electron chi connectivity index (χ4n) is 2.17. The van der Waals surface area contributed by atoms with Crippen molar-refractivity contribution in [2.24, 2.45) is 7.05 Å². The second-order valence-corrected chi connectivity index (χ2v) is 5.94. The molecule has 1 heterocycles. The number of nitrogens with zero attached hydrogens (tertiary/aromatic N) is 3. The molecule has 0 aliphatic heterocycles. The largest absolute Gasteiger partial charge is 0.392 e. The van der Waals surface area contributed by atoms with E-state index in [1.165, 1.54) is 5.56 Å². The summed E-state index contributed by atoms with van der Waals surface area (Å²) in [5.41, 5.74) is 3.20. The topological polar surface area (TPSA) is 50.9 Å². The third kappa shape index (κ3) is 3.21. The summed E-state index contributed by atoms with van der Waals surface area (Å²) >= 11 is 1.66. The van der Waals surface area contributed by atoms with Crippen molar-refractivity contribution in [1.82, 2.24) is 14.8 Å². The van der Waals surface area contributed by atoms with Crippen LogP contribution in [-0.4, -0.2) is 19.9 Å². The van der Waals surface area contributed by atoms with E-state index in [2.05, 4.69) is 10.2 Å². The van der Waals surface area contributed by atoms with Crippen LogP contribution in [0.5, 0.6) is 0 Å². The predicted octanol–water partition coefficient (Wildman–Crippen LogP) is 3.27. The summed E-state index contributed by atoms with van der Waals surface area (Å²) in [6.45, 7) is 0.0805. The summed E-state index contributed by atoms with van der Waals surface area (Å²) in [4.78, 5) is 0. The second-order valence-electron chi connectivity index (χ2n) is 4.99. The summed E-state index contributed by atoms with van der Waals surface area (Å²) in [5, 5.41) is 18.5. The van der Waals surface area contributed by atoms with Gasteiger partial charge in [-0.3, -0.25) is 0 Å². The zero-order valence-corrected chi connectivity index (χ0v) is 13.1. The first-order chi connectivity index (χ1) is 10.8. The van der Waals surface area contributed by atoms with Gasteiger partial charge in [0.1, 0.15) is 0 Å². The molecular weight excluding hydrogens is 294 g/mol. The molecule has 0 unspecified atom stereocenters. The molecule has 0 saturated carbocycles. The van der Waals surface area contributed by atoms with Crippen molar-refractivity contribution in [3.63, 3.8) is 0 Å². The van der Waals surface area contributed by atoms with E-state index in [0.29, 0.717) is 0 Å². The van der Waals surface area contributed by atoms with Crippen LogP contribution in [0, 0.1) is 0 Å². The van der Waals surface area contributed by atoms with E-state index in [9.17, 15) is 0 Å². The molecule has 3 aromatic rings. The minimum atomic E-state index is 0.0805. The Bertz CT molecular complexity index is 738. The first-order valence-corrected chi connectivity index (χ1v) is 8.03. The third-order valence-corrected chi connectivity index (χ3v) is 4.53. The van der Waals surface area contributed by atoms with E-state index < -0.39 is 0 Å². The Morgan fingerprint density at radius 3 is 2.32 bits per heavy atom. The highest BCUT2D eigenvalue weighted by Crippen LogP contribution is 2.25. The van der Waals surface area contributed by atoms with Gasteiger partial charge in [0.2, 0.25) is 0 Å². The summed E-state index contributed by atoms with van der Waals surface area (Å²) in [6, 6.07) is 18.0. The van der Waals surface area contributed by atoms with Crippen molar-refractivity contribution >= 4 is 11.8 Å². The summed E-state index contributed by atoms with van der Waals surface area (Å²) < 4.78 is 2.02. The van der Waals surface area contributed by atoms with Crippen LogP contribution in [0.3, 0.4) is 0 Å². The van der Waals surface area contributed by atoms with Gasteiger partial charge in [0.25, 0.3) is 0 Å². The highest BCUT2D eigenvalue weighted by molar-refractivity contribution is 7.98. The van der Waals surface area contributed by atoms with E-state index >= 15 is 0 Å². The zero-order chi connectivity index (χ0) is 15.4. The van der Waals surface area contributed by atoms with E-state index in [1.54, 1.807) is 11.8 Å². The number of benzene rings is 2. The van der Waals surface area contributed by atoms with Gasteiger partial charge < -0.3 is 9.67 Å². The zero-order valence-electron chi connectivity index (χ0n) is 12.3. The molecular formula is C17H17N3OS. The molecule has 1 N–H and O–H groups in total. The van der Waals surface area contributed by atoms with Crippen LogP contribution in [0.4, 0.5) is 0 Å². The van der Waals surface area contributed by atoms with Crippen LogP contribution in [0.2, 0.25) is 0 Å². The van der Waals surface area contributed by atoms with Crippen molar-refractivity contribution < 1.29 is 5.11 Å². The number of aromatic nitrogens is 3. The Labute approximate surface area is 133 Å². The smallest absolute Gasteiger partial charge is 0.191 e. The van der Waals surface area contributed by atoms with E-state index in [1.807, 2.05) is 66.2 Å². The average Bonchev–Trinajstić information content (AvgIpc) is 2.95. The van der Waals surface area contributed by atoms with Gasteiger partial charge in [-0.2, -0.15) is 0 Å². The first-order valence-electron chi connectivity index (χ1n) is 7.04. The molecule has 112 valence electrons. The molecule has 0 saturated heterocycles. The van der Waals surface area contributed by atoms with Crippen LogP contribution in [0.25, 0.3) is 11.4 Å². The van der Waals surface area contributed by atoms with Crippen LogP contribution >= 0.6 is 11.8 Å². The van der Waals surface area contributed by atoms with Crippen molar-refractivity contribution in [3.8, 4) is 11.4 Å². The van der Waals surface area contributed by atoms with Gasteiger partial charge in [0, 0.05) is 18.4 Å². The van der Waals surface area contributed by atoms with Gasteiger partial charge in [0.05, 0.1) is 6.61 Å². The highest BCUT2D eigenvalue weighted by Gasteiger charge is 2.10. The molecule has 0 aliphatic carbocycles. The van der Waals surface area contributed by atoms with Crippen molar-refractivity contribution in [3.05, 3.63) is 65.7 Å². The van der Waals surface area contributed by atoms with Gasteiger partial charge in [-0.25, -0.2) is 0 Å². The van der Waals surface area contributed by atoms with E-state index in [0.717, 1.165) is 27.9 Å². The normalized spacial score (nSPS) is 10.8. The van der Waals surface area contributed by atoms with Crippen molar-refractivity contribution in [2.75, 3.05) is 0 Å². The number of hydrogen-bond acceptors (Lipinski definition) is 4. The van der Waals surface area contributed by atoms with E-state index in [4.69, 9.17) is 5.11 Å². The monoisotopic (exact) mass is 311 g/mol. The Morgan fingerprint density at radius 1 is 0.955 bits per heavy atom. The molecule has 1 aromatic heterocycles. The SMILES string of the molecule is Cn1c(SCc2ccc(CO)cc2)nnc1-c1ccccc1. The number of hydrogen-bond donors (Lipinski definition) is 1. The van der Waals surface area contributed by atoms with Crippen LogP contribution in [0.1, 0.15) is 11.1 Å². The van der Waals surface area contributed by atoms with Gasteiger partial charge in [0.15, 0.2) is 11.0 Å². The maximum atomic E-state index is 9.06. The molecule has 0 atom stereocenters. The lowest BCUT2D eigenvalue weighted by Crippen LogP contribution is -1.95. The fourth-order valence-corrected chi connectivity index (χ4v) is 3.03. The molecule has 0 aliphatic rings. The van der Waals surface area contributed by atoms with Crippen LogP contribution in [-0.2, 0) is 19.4 Å². The van der Waals surface area contributed by atoms with Gasteiger partial charge >= 0.3 is 0 Å². The molecule has 2 aromatic carbocycles. The molecule has 0 radical (unpaired) electrons. The maximum Gasteiger partial charge on any atom is 0.191 e. The first kappa shape index (κ1) is 14.8. The Balaban J connectivity index is 1.72. The third-order valence-electron chi connectivity index (χ3n) is 3.44. The minimum absolute atomic E-state index is 0.0805. The molecule has 3 rings (SSSR count). The molecule has 5 heteroatoms. The molecule has 4 nitrogen and oxygen atoms in total. The molecule has 0 spiro atoms. The lowest BCUT2D eigenvalue weighted by molar-refractivity contribution is 0.282. The number of aliphatic hydroxyl groups excluding tert-OH is 1. The van der Waals surface area contributed by atoms with E-state index in [-0.39, 0.29) is 6.61 Å². The lowest BCUT2D eigenvalue weighted by Gasteiger charge is -2.04. The Kier molecular flexibility index (Phi) is 4.56. The summed E-state index contributed by atoms with van der Waals surface area (Å²) in [5.74, 6) is 1.70. The van der Waals surface area contributed by atoms with Crippen LogP contribution < -0.4 is 0 Å². The molecule has 0 fully saturated rings. The highest BCUT2D eigenvalue weighted by atomic mass is 32.2. The second kappa shape index (κ2) is 6.77. The van der Waals surface area contributed by atoms with Crippen molar-refractivity contribution in [2.45, 2.75) is 17.5 Å². The molecule has 0 amide bonds. The van der Waals surface area contributed by atoms with Gasteiger partial charge in [-0.15, -0.1) is 10.2 Å². The Morgan fingerprint density at radius 2 is 1.64 bits per heavy atom. The lowest BCUT2D eigenvalue weighted by atomic mass is 10.2. The maximum absolute atomic E-state index is 9.06. The molecule has 0 bridgehead atoms. The summed E-state index contributed by atoms with van der Waals surface area (Å²) in [7, 11) is 1.99. The standard InChI is InChI=1S/C17H17N3OS/c1-20-16(15-5-3-2-4-6-15)18-19-17(20)22-12-14-9-7-13(11-21)8-10-14/h2-10,21H,11-12H2,1H3. The van der Waals surface area contributed by atoms with Crippen LogP contribution in [0.15, 0.2) is 59.8 Å². The number of thioether (sulfide) groups is 1. The summed E-state index contributed by atoms with van der Waals surface area (Å²) in [6.07, 6.45) is 0. The average molecular weight is 311 g/mol. The number of aliphatic hydroxyl groups is 1. The van der Waals surface area contributed by atoms with Gasteiger partial charge in [-0.1, -0.05) is 66.4 Å². The minimum Gasteiger partial charge on any atom is -0.392 e. The number of rotatable bonds is 5. The molecule has 22 heavy (non-hydrogen) atoms. The van der Waals surface area contributed by atoms with Gasteiger partial charge in [-0.05, 0) is 11.1 Å². The predicted molar refractivity (Wildman–Crippen MR) is 88.4 cm³/mol. The fraction of sp³-hybridized carbons (Fsp3) is 0.176. The Hall–Kier alpha value is -2.11. The quantitative estimate of drug-likeness (QED) is 0.735. The van der Waals surface area contributed by atoms with Crippen molar-refractivity contribution in [1.29, 1.82) is 0 Å².